The first kappa shape index (κ1) is 22.0. The van der Waals surface area contributed by atoms with Crippen LogP contribution in [-0.2, 0) is 31.6 Å². The molecular formula is C17H11F10N. The zero-order valence-corrected chi connectivity index (χ0v) is 13.7. The van der Waals surface area contributed by atoms with Crippen molar-refractivity contribution in [2.24, 2.45) is 0 Å². The molecule has 0 aliphatic rings. The molecule has 0 fully saturated rings. The van der Waals surface area contributed by atoms with Crippen molar-refractivity contribution >= 4 is 0 Å². The maximum Gasteiger partial charge on any atom is 0.416 e. The minimum absolute atomic E-state index is 0.0457. The maximum absolute atomic E-state index is 13.6. The number of nitrogens with one attached hydrogen (secondary N) is 1. The Bertz CT molecular complexity index is 801. The lowest BCUT2D eigenvalue weighted by Gasteiger charge is -2.15. The van der Waals surface area contributed by atoms with E-state index in [-0.39, 0.29) is 6.07 Å². The van der Waals surface area contributed by atoms with Gasteiger partial charge in [-0.3, -0.25) is 0 Å². The minimum atomic E-state index is -5.02. The summed E-state index contributed by atoms with van der Waals surface area (Å²) in [6, 6.07) is 2.51. The summed E-state index contributed by atoms with van der Waals surface area (Å²) in [5.41, 5.74) is -5.02. The highest BCUT2D eigenvalue weighted by Crippen LogP contribution is 2.36. The molecule has 28 heavy (non-hydrogen) atoms. The van der Waals surface area contributed by atoms with Crippen LogP contribution in [0.25, 0.3) is 0 Å². The van der Waals surface area contributed by atoms with Crippen molar-refractivity contribution in [2.75, 3.05) is 0 Å². The van der Waals surface area contributed by atoms with Crippen LogP contribution in [-0.4, -0.2) is 0 Å². The largest absolute Gasteiger partial charge is 0.416 e. The van der Waals surface area contributed by atoms with E-state index in [1.54, 1.807) is 0 Å². The van der Waals surface area contributed by atoms with Crippen LogP contribution in [0.2, 0.25) is 0 Å². The van der Waals surface area contributed by atoms with Crippen molar-refractivity contribution in [1.82, 2.24) is 5.32 Å². The smallest absolute Gasteiger partial charge is 0.309 e. The summed E-state index contributed by atoms with van der Waals surface area (Å²) in [7, 11) is 0. The second-order valence-electron chi connectivity index (χ2n) is 5.82. The number of benzene rings is 2. The lowest BCUT2D eigenvalue weighted by atomic mass is 10.0. The fraction of sp³-hybridized carbons (Fsp3) is 0.294. The van der Waals surface area contributed by atoms with Crippen molar-refractivity contribution in [3.05, 3.63) is 70.0 Å². The van der Waals surface area contributed by atoms with Crippen LogP contribution < -0.4 is 5.32 Å². The molecular weight excluding hydrogens is 408 g/mol. The van der Waals surface area contributed by atoms with Gasteiger partial charge >= 0.3 is 18.5 Å². The number of hydrogen-bond acceptors (Lipinski definition) is 1. The summed E-state index contributed by atoms with van der Waals surface area (Å²) >= 11 is 0. The highest BCUT2D eigenvalue weighted by atomic mass is 19.4. The van der Waals surface area contributed by atoms with Gasteiger partial charge in [-0.05, 0) is 42.0 Å². The normalized spacial score (nSPS) is 13.1. The van der Waals surface area contributed by atoms with Gasteiger partial charge in [0.1, 0.15) is 5.82 Å². The van der Waals surface area contributed by atoms with Crippen molar-refractivity contribution in [2.45, 2.75) is 31.6 Å². The molecule has 0 bridgehead atoms. The van der Waals surface area contributed by atoms with Crippen LogP contribution in [0.5, 0.6) is 0 Å². The number of hydrogen-bond donors (Lipinski definition) is 1. The minimum Gasteiger partial charge on any atom is -0.309 e. The molecule has 0 aliphatic heterocycles. The predicted octanol–water partition coefficient (Wildman–Crippen LogP) is 6.17. The Morgan fingerprint density at radius 2 is 1.11 bits per heavy atom. The van der Waals surface area contributed by atoms with Crippen LogP contribution in [0.1, 0.15) is 27.8 Å². The average molecular weight is 419 g/mol. The lowest BCUT2D eigenvalue weighted by Crippen LogP contribution is -2.17. The maximum atomic E-state index is 13.6. The van der Waals surface area contributed by atoms with E-state index in [0.717, 1.165) is 0 Å². The first-order valence-corrected chi connectivity index (χ1v) is 7.52. The number of alkyl halides is 9. The molecule has 0 heterocycles. The molecule has 0 saturated heterocycles. The average Bonchev–Trinajstić information content (AvgIpc) is 2.53. The fourth-order valence-corrected chi connectivity index (χ4v) is 2.35. The van der Waals surface area contributed by atoms with E-state index in [9.17, 15) is 43.9 Å². The van der Waals surface area contributed by atoms with Crippen LogP contribution in [0.3, 0.4) is 0 Å². The second-order valence-corrected chi connectivity index (χ2v) is 5.82. The molecule has 1 nitrogen and oxygen atoms in total. The van der Waals surface area contributed by atoms with E-state index in [1.165, 1.54) is 0 Å². The van der Waals surface area contributed by atoms with Crippen molar-refractivity contribution in [3.63, 3.8) is 0 Å². The lowest BCUT2D eigenvalue weighted by molar-refractivity contribution is -0.143. The second kappa shape index (κ2) is 7.61. The molecule has 0 aliphatic carbocycles. The van der Waals surface area contributed by atoms with E-state index >= 15 is 0 Å². The summed E-state index contributed by atoms with van der Waals surface area (Å²) in [6.45, 7) is -1.09. The molecule has 2 aromatic carbocycles. The third-order valence-corrected chi connectivity index (χ3v) is 3.67. The zero-order valence-electron chi connectivity index (χ0n) is 13.7. The highest BCUT2D eigenvalue weighted by Gasteiger charge is 2.37. The van der Waals surface area contributed by atoms with E-state index < -0.39 is 65.3 Å². The summed E-state index contributed by atoms with van der Waals surface area (Å²) < 4.78 is 128. The SMILES string of the molecule is Fc1ccc(C(F)(F)F)cc1CNCc1cc(C(F)(F)F)cc(C(F)(F)F)c1. The predicted molar refractivity (Wildman–Crippen MR) is 78.4 cm³/mol. The monoisotopic (exact) mass is 419 g/mol. The van der Waals surface area contributed by atoms with Crippen molar-refractivity contribution < 1.29 is 43.9 Å². The van der Waals surface area contributed by atoms with Gasteiger partial charge in [-0.2, -0.15) is 39.5 Å². The summed E-state index contributed by atoms with van der Waals surface area (Å²) in [5, 5.41) is 2.35. The molecule has 154 valence electrons. The van der Waals surface area contributed by atoms with Gasteiger partial charge in [-0.25, -0.2) is 4.39 Å². The molecule has 0 radical (unpaired) electrons. The van der Waals surface area contributed by atoms with Gasteiger partial charge in [-0.15, -0.1) is 0 Å². The Hall–Kier alpha value is -2.30. The topological polar surface area (TPSA) is 12.0 Å². The molecule has 0 amide bonds. The first-order chi connectivity index (χ1) is 12.7. The summed E-state index contributed by atoms with van der Waals surface area (Å²) in [5.74, 6) is -1.000. The van der Waals surface area contributed by atoms with Gasteiger partial charge in [0.25, 0.3) is 0 Å². The number of rotatable bonds is 4. The molecule has 2 rings (SSSR count). The third-order valence-electron chi connectivity index (χ3n) is 3.67. The number of halogens is 10. The van der Waals surface area contributed by atoms with E-state index in [1.807, 2.05) is 0 Å². The molecule has 0 unspecified atom stereocenters. The summed E-state index contributed by atoms with van der Waals surface area (Å²) in [4.78, 5) is 0. The Labute approximate surface area is 152 Å². The Kier molecular flexibility index (Phi) is 5.98. The van der Waals surface area contributed by atoms with E-state index in [2.05, 4.69) is 5.32 Å². The molecule has 0 atom stereocenters. The first-order valence-electron chi connectivity index (χ1n) is 7.52. The van der Waals surface area contributed by atoms with Gasteiger partial charge in [-0.1, -0.05) is 0 Å². The Balaban J connectivity index is 2.21. The van der Waals surface area contributed by atoms with Crippen molar-refractivity contribution in [1.29, 1.82) is 0 Å². The van der Waals surface area contributed by atoms with Gasteiger partial charge in [0.15, 0.2) is 0 Å². The molecule has 1 N–H and O–H groups in total. The van der Waals surface area contributed by atoms with Gasteiger partial charge < -0.3 is 5.32 Å². The zero-order chi connectivity index (χ0) is 21.3. The van der Waals surface area contributed by atoms with Crippen LogP contribution >= 0.6 is 0 Å². The molecule has 0 saturated carbocycles. The quantitative estimate of drug-likeness (QED) is 0.585. The molecule has 11 heteroatoms. The van der Waals surface area contributed by atoms with Crippen LogP contribution in [0, 0.1) is 5.82 Å². The molecule has 0 spiro atoms. The van der Waals surface area contributed by atoms with Gasteiger partial charge in [0.05, 0.1) is 16.7 Å². The van der Waals surface area contributed by atoms with E-state index in [0.29, 0.717) is 30.3 Å². The summed E-state index contributed by atoms with van der Waals surface area (Å²) in [6.07, 6.45) is -14.8. The van der Waals surface area contributed by atoms with Crippen molar-refractivity contribution in [3.8, 4) is 0 Å². The highest BCUT2D eigenvalue weighted by molar-refractivity contribution is 5.34. The van der Waals surface area contributed by atoms with Gasteiger partial charge in [0.2, 0.25) is 0 Å². The molecule has 2 aromatic rings. The Morgan fingerprint density at radius 3 is 1.57 bits per heavy atom. The van der Waals surface area contributed by atoms with Gasteiger partial charge in [0, 0.05) is 18.7 Å². The molecule has 0 aromatic heterocycles. The third kappa shape index (κ3) is 5.60. The van der Waals surface area contributed by atoms with Crippen LogP contribution in [0.4, 0.5) is 43.9 Å². The standard InChI is InChI=1S/C17H11F10N/c18-14-2-1-11(15(19,20)21)5-10(14)8-28-7-9-3-12(16(22,23)24)6-13(4-9)17(25,26)27/h1-6,28H,7-8H2. The Morgan fingerprint density at radius 1 is 0.607 bits per heavy atom. The van der Waals surface area contributed by atoms with E-state index in [4.69, 9.17) is 0 Å². The fourth-order valence-electron chi connectivity index (χ4n) is 2.35. The van der Waals surface area contributed by atoms with Crippen LogP contribution in [0.15, 0.2) is 36.4 Å².